The van der Waals surface area contributed by atoms with Crippen molar-refractivity contribution in [3.05, 3.63) is 29.8 Å². The van der Waals surface area contributed by atoms with Gasteiger partial charge in [0.05, 0.1) is 6.34 Å². The first kappa shape index (κ1) is 7.79. The van der Waals surface area contributed by atoms with E-state index < -0.39 is 6.04 Å². The number of carbonyl (C=O) groups is 1. The number of hydrogen-bond donors (Lipinski definition) is 2. The molecule has 13 heavy (non-hydrogen) atoms. The number of nitrogens with one attached hydrogen (secondary N) is 1. The van der Waals surface area contributed by atoms with Crippen molar-refractivity contribution in [1.82, 2.24) is 5.32 Å². The number of benzene rings is 1. The van der Waals surface area contributed by atoms with E-state index in [9.17, 15) is 4.79 Å². The monoisotopic (exact) mass is 175 g/mol. The van der Waals surface area contributed by atoms with Crippen LogP contribution in [0.1, 0.15) is 11.6 Å². The van der Waals surface area contributed by atoms with Gasteiger partial charge in [0.2, 0.25) is 0 Å². The Kier molecular flexibility index (Phi) is 1.73. The van der Waals surface area contributed by atoms with E-state index in [1.165, 1.54) is 6.34 Å². The number of aliphatic imine (C=N–C) groups is 1. The molecule has 0 aromatic heterocycles. The molecule has 0 saturated carbocycles. The summed E-state index contributed by atoms with van der Waals surface area (Å²) in [5.74, 6) is -0.0928. The lowest BCUT2D eigenvalue weighted by Crippen LogP contribution is -2.19. The smallest absolute Gasteiger partial charge is 0.254 e. The Morgan fingerprint density at radius 2 is 2.00 bits per heavy atom. The summed E-state index contributed by atoms with van der Waals surface area (Å²) in [6, 6.07) is 6.73. The Hall–Kier alpha value is -1.84. The van der Waals surface area contributed by atoms with E-state index in [-0.39, 0.29) is 5.91 Å². The molecule has 0 saturated heterocycles. The number of carbonyl (C=O) groups excluding carboxylic acids is 1. The Labute approximate surface area is 75.5 Å². The molecule has 0 spiro atoms. The zero-order valence-electron chi connectivity index (χ0n) is 6.90. The third-order valence-corrected chi connectivity index (χ3v) is 1.93. The largest absolute Gasteiger partial charge is 0.399 e. The standard InChI is InChI=1S/C9H9N3O/c10-7-3-1-6(2-4-7)8-9(13)12-5-11-8/h1-5,8H,10H2,(H,11,12,13). The first-order valence-electron chi connectivity index (χ1n) is 3.95. The normalized spacial score (nSPS) is 20.3. The molecule has 1 aliphatic heterocycles. The van der Waals surface area contributed by atoms with E-state index in [1.807, 2.05) is 12.1 Å². The molecule has 66 valence electrons. The quantitative estimate of drug-likeness (QED) is 0.609. The van der Waals surface area contributed by atoms with Crippen LogP contribution < -0.4 is 11.1 Å². The third kappa shape index (κ3) is 1.38. The van der Waals surface area contributed by atoms with Crippen molar-refractivity contribution in [3.63, 3.8) is 0 Å². The fraction of sp³-hybridized carbons (Fsp3) is 0.111. The Morgan fingerprint density at radius 1 is 1.31 bits per heavy atom. The highest BCUT2D eigenvalue weighted by Crippen LogP contribution is 2.20. The maximum absolute atomic E-state index is 11.2. The van der Waals surface area contributed by atoms with Crippen molar-refractivity contribution in [2.24, 2.45) is 4.99 Å². The van der Waals surface area contributed by atoms with Crippen LogP contribution in [-0.2, 0) is 4.79 Å². The molecule has 0 aliphatic carbocycles. The highest BCUT2D eigenvalue weighted by molar-refractivity contribution is 5.97. The van der Waals surface area contributed by atoms with Crippen LogP contribution in [0.4, 0.5) is 5.69 Å². The Bertz CT molecular complexity index is 356. The molecule has 4 nitrogen and oxygen atoms in total. The number of nitrogens with two attached hydrogens (primary N) is 1. The molecule has 0 fully saturated rings. The molecule has 0 radical (unpaired) electrons. The summed E-state index contributed by atoms with van der Waals surface area (Å²) in [6.45, 7) is 0. The highest BCUT2D eigenvalue weighted by Gasteiger charge is 2.21. The fourth-order valence-corrected chi connectivity index (χ4v) is 1.24. The molecule has 4 heteroatoms. The van der Waals surface area contributed by atoms with Gasteiger partial charge in [0.25, 0.3) is 5.91 Å². The van der Waals surface area contributed by atoms with Crippen LogP contribution in [0.2, 0.25) is 0 Å². The first-order chi connectivity index (χ1) is 6.27. The molecular weight excluding hydrogens is 166 g/mol. The number of anilines is 1. The Balaban J connectivity index is 2.30. The molecule has 0 bridgehead atoms. The fourth-order valence-electron chi connectivity index (χ4n) is 1.24. The zero-order valence-corrected chi connectivity index (χ0v) is 6.90. The van der Waals surface area contributed by atoms with Crippen LogP contribution in [0.5, 0.6) is 0 Å². The summed E-state index contributed by atoms with van der Waals surface area (Å²) in [4.78, 5) is 15.2. The van der Waals surface area contributed by atoms with Crippen molar-refractivity contribution in [3.8, 4) is 0 Å². The molecule has 2 rings (SSSR count). The van der Waals surface area contributed by atoms with Crippen LogP contribution in [0.15, 0.2) is 29.3 Å². The average Bonchev–Trinajstić information content (AvgIpc) is 2.53. The van der Waals surface area contributed by atoms with Crippen molar-refractivity contribution < 1.29 is 4.79 Å². The van der Waals surface area contributed by atoms with Gasteiger partial charge >= 0.3 is 0 Å². The minimum absolute atomic E-state index is 0.0928. The lowest BCUT2D eigenvalue weighted by atomic mass is 10.1. The van der Waals surface area contributed by atoms with Crippen molar-refractivity contribution in [1.29, 1.82) is 0 Å². The van der Waals surface area contributed by atoms with E-state index in [0.29, 0.717) is 5.69 Å². The van der Waals surface area contributed by atoms with Crippen LogP contribution in [0.25, 0.3) is 0 Å². The summed E-state index contributed by atoms with van der Waals surface area (Å²) >= 11 is 0. The molecule has 1 aromatic rings. The Morgan fingerprint density at radius 3 is 2.54 bits per heavy atom. The predicted octanol–water partition coefficient (Wildman–Crippen LogP) is 0.468. The van der Waals surface area contributed by atoms with E-state index in [2.05, 4.69) is 10.3 Å². The van der Waals surface area contributed by atoms with E-state index >= 15 is 0 Å². The molecule has 1 aromatic carbocycles. The average molecular weight is 175 g/mol. The molecular formula is C9H9N3O. The molecule has 1 atom stereocenters. The molecule has 3 N–H and O–H groups in total. The van der Waals surface area contributed by atoms with Gasteiger partial charge in [-0.25, -0.2) is 0 Å². The van der Waals surface area contributed by atoms with E-state index in [0.717, 1.165) is 5.56 Å². The van der Waals surface area contributed by atoms with Gasteiger partial charge in [0, 0.05) is 5.69 Å². The summed E-state index contributed by atoms with van der Waals surface area (Å²) in [7, 11) is 0. The molecule has 1 amide bonds. The van der Waals surface area contributed by atoms with Crippen molar-refractivity contribution in [2.75, 3.05) is 5.73 Å². The number of rotatable bonds is 1. The van der Waals surface area contributed by atoms with Gasteiger partial charge in [0.1, 0.15) is 0 Å². The van der Waals surface area contributed by atoms with Gasteiger partial charge in [-0.1, -0.05) is 12.1 Å². The van der Waals surface area contributed by atoms with E-state index in [1.54, 1.807) is 12.1 Å². The second kappa shape index (κ2) is 2.90. The summed E-state index contributed by atoms with van der Waals surface area (Å²) < 4.78 is 0. The minimum atomic E-state index is -0.402. The highest BCUT2D eigenvalue weighted by atomic mass is 16.2. The molecule has 1 unspecified atom stereocenters. The minimum Gasteiger partial charge on any atom is -0.399 e. The van der Waals surface area contributed by atoms with Gasteiger partial charge < -0.3 is 11.1 Å². The van der Waals surface area contributed by atoms with Crippen molar-refractivity contribution >= 4 is 17.9 Å². The van der Waals surface area contributed by atoms with Crippen LogP contribution in [0, 0.1) is 0 Å². The lowest BCUT2D eigenvalue weighted by molar-refractivity contribution is -0.120. The number of nitrogens with zero attached hydrogens (tertiary/aromatic N) is 1. The number of hydrogen-bond acceptors (Lipinski definition) is 3. The maximum Gasteiger partial charge on any atom is 0.254 e. The zero-order chi connectivity index (χ0) is 9.26. The summed E-state index contributed by atoms with van der Waals surface area (Å²) in [5.41, 5.74) is 7.07. The SMILES string of the molecule is Nc1ccc(C2N=CNC2=O)cc1. The topological polar surface area (TPSA) is 67.5 Å². The van der Waals surface area contributed by atoms with Crippen LogP contribution in [-0.4, -0.2) is 12.2 Å². The predicted molar refractivity (Wildman–Crippen MR) is 50.2 cm³/mol. The molecule has 1 heterocycles. The van der Waals surface area contributed by atoms with E-state index in [4.69, 9.17) is 5.73 Å². The van der Waals surface area contributed by atoms with Crippen LogP contribution >= 0.6 is 0 Å². The summed E-state index contributed by atoms with van der Waals surface area (Å²) in [6.07, 6.45) is 1.42. The second-order valence-corrected chi connectivity index (χ2v) is 2.86. The molecule has 1 aliphatic rings. The summed E-state index contributed by atoms with van der Waals surface area (Å²) in [5, 5.41) is 2.52. The number of amides is 1. The third-order valence-electron chi connectivity index (χ3n) is 1.93. The number of nitrogen functional groups attached to an aromatic ring is 1. The van der Waals surface area contributed by atoms with Gasteiger partial charge in [0.15, 0.2) is 6.04 Å². The van der Waals surface area contributed by atoms with Gasteiger partial charge in [-0.15, -0.1) is 0 Å². The van der Waals surface area contributed by atoms with Crippen LogP contribution in [0.3, 0.4) is 0 Å². The van der Waals surface area contributed by atoms with Gasteiger partial charge in [-0.05, 0) is 17.7 Å². The van der Waals surface area contributed by atoms with Crippen molar-refractivity contribution in [2.45, 2.75) is 6.04 Å². The second-order valence-electron chi connectivity index (χ2n) is 2.86. The van der Waals surface area contributed by atoms with Gasteiger partial charge in [-0.2, -0.15) is 0 Å². The lowest BCUT2D eigenvalue weighted by Gasteiger charge is -2.04. The van der Waals surface area contributed by atoms with Gasteiger partial charge in [-0.3, -0.25) is 9.79 Å². The first-order valence-corrected chi connectivity index (χ1v) is 3.95. The maximum atomic E-state index is 11.2.